The highest BCUT2D eigenvalue weighted by Gasteiger charge is 2.23. The van der Waals surface area contributed by atoms with Crippen LogP contribution in [-0.2, 0) is 16.1 Å². The Hall–Kier alpha value is -3.13. The number of rotatable bonds is 7. The highest BCUT2D eigenvalue weighted by atomic mass is 32.1. The molecule has 1 atom stereocenters. The van der Waals surface area contributed by atoms with Crippen LogP contribution in [0.25, 0.3) is 10.1 Å². The molecule has 0 aliphatic carbocycles. The summed E-state index contributed by atoms with van der Waals surface area (Å²) in [6, 6.07) is 9.98. The standard InChI is InChI=1S/C22H22FNO5S/c1-12-19-15(23)6-5-7-18(19)30-20(12)22(26)29-13(2)21(25)24-11-14-8-9-16(27-3)17(10-14)28-4/h5-10,13H,11H2,1-4H3,(H,24,25). The molecular formula is C22H22FNO5S. The quantitative estimate of drug-likeness (QED) is 0.567. The van der Waals surface area contributed by atoms with Gasteiger partial charge in [-0.1, -0.05) is 12.1 Å². The molecule has 3 rings (SSSR count). The summed E-state index contributed by atoms with van der Waals surface area (Å²) in [6.07, 6.45) is -1.01. The molecule has 1 aromatic heterocycles. The van der Waals surface area contributed by atoms with Gasteiger partial charge in [-0.3, -0.25) is 4.79 Å². The van der Waals surface area contributed by atoms with Crippen LogP contribution >= 0.6 is 11.3 Å². The molecule has 1 amide bonds. The number of carbonyl (C=O) groups excluding carboxylic acids is 2. The molecule has 30 heavy (non-hydrogen) atoms. The maximum absolute atomic E-state index is 14.1. The second kappa shape index (κ2) is 9.13. The average Bonchev–Trinajstić information content (AvgIpc) is 3.09. The Morgan fingerprint density at radius 1 is 1.13 bits per heavy atom. The second-order valence-electron chi connectivity index (χ2n) is 6.62. The van der Waals surface area contributed by atoms with Crippen LogP contribution in [0.4, 0.5) is 4.39 Å². The summed E-state index contributed by atoms with van der Waals surface area (Å²) in [5.74, 6) is -0.341. The van der Waals surface area contributed by atoms with Crippen LogP contribution in [0.15, 0.2) is 36.4 Å². The molecule has 2 aromatic carbocycles. The number of hydrogen-bond donors (Lipinski definition) is 1. The van der Waals surface area contributed by atoms with Crippen molar-refractivity contribution in [2.45, 2.75) is 26.5 Å². The molecule has 158 valence electrons. The van der Waals surface area contributed by atoms with Crippen LogP contribution in [0.1, 0.15) is 27.7 Å². The van der Waals surface area contributed by atoms with Crippen molar-refractivity contribution < 1.29 is 28.2 Å². The monoisotopic (exact) mass is 431 g/mol. The summed E-state index contributed by atoms with van der Waals surface area (Å²) < 4.78 is 30.5. The normalized spacial score (nSPS) is 11.8. The van der Waals surface area contributed by atoms with E-state index < -0.39 is 18.0 Å². The van der Waals surface area contributed by atoms with Gasteiger partial charge in [-0.05, 0) is 49.2 Å². The number of ether oxygens (including phenoxy) is 3. The fraction of sp³-hybridized carbons (Fsp3) is 0.273. The highest BCUT2D eigenvalue weighted by Crippen LogP contribution is 2.33. The molecule has 0 saturated heterocycles. The number of fused-ring (bicyclic) bond motifs is 1. The molecule has 0 saturated carbocycles. The van der Waals surface area contributed by atoms with Crippen LogP contribution < -0.4 is 14.8 Å². The lowest BCUT2D eigenvalue weighted by atomic mass is 10.1. The molecule has 0 bridgehead atoms. The van der Waals surface area contributed by atoms with Crippen molar-refractivity contribution in [3.63, 3.8) is 0 Å². The molecule has 3 aromatic rings. The van der Waals surface area contributed by atoms with E-state index in [-0.39, 0.29) is 17.2 Å². The third-order valence-electron chi connectivity index (χ3n) is 4.66. The van der Waals surface area contributed by atoms with Gasteiger partial charge in [-0.25, -0.2) is 9.18 Å². The first-order chi connectivity index (χ1) is 14.3. The summed E-state index contributed by atoms with van der Waals surface area (Å²) in [6.45, 7) is 3.39. The van der Waals surface area contributed by atoms with E-state index in [1.165, 1.54) is 20.1 Å². The first kappa shape index (κ1) is 21.6. The number of halogens is 1. The van der Waals surface area contributed by atoms with Crippen molar-refractivity contribution in [3.8, 4) is 11.5 Å². The van der Waals surface area contributed by atoms with Crippen molar-refractivity contribution in [2.75, 3.05) is 14.2 Å². The number of aryl methyl sites for hydroxylation is 1. The lowest BCUT2D eigenvalue weighted by Crippen LogP contribution is -2.35. The van der Waals surface area contributed by atoms with Crippen LogP contribution in [0.2, 0.25) is 0 Å². The van der Waals surface area contributed by atoms with Crippen LogP contribution in [0, 0.1) is 12.7 Å². The van der Waals surface area contributed by atoms with Gasteiger partial charge in [0, 0.05) is 16.6 Å². The van der Waals surface area contributed by atoms with Crippen molar-refractivity contribution >= 4 is 33.3 Å². The highest BCUT2D eigenvalue weighted by molar-refractivity contribution is 7.21. The van der Waals surface area contributed by atoms with Crippen LogP contribution in [0.5, 0.6) is 11.5 Å². The first-order valence-electron chi connectivity index (χ1n) is 9.23. The van der Waals surface area contributed by atoms with E-state index in [1.807, 2.05) is 0 Å². The topological polar surface area (TPSA) is 73.9 Å². The Morgan fingerprint density at radius 2 is 1.87 bits per heavy atom. The molecule has 0 radical (unpaired) electrons. The summed E-state index contributed by atoms with van der Waals surface area (Å²) in [5.41, 5.74) is 1.31. The fourth-order valence-electron chi connectivity index (χ4n) is 3.04. The Morgan fingerprint density at radius 3 is 2.53 bits per heavy atom. The number of nitrogens with one attached hydrogen (secondary N) is 1. The van der Waals surface area contributed by atoms with Gasteiger partial charge in [0.1, 0.15) is 10.7 Å². The van der Waals surface area contributed by atoms with Crippen molar-refractivity contribution in [3.05, 3.63) is 58.2 Å². The molecule has 1 heterocycles. The van der Waals surface area contributed by atoms with Crippen LogP contribution in [0.3, 0.4) is 0 Å². The average molecular weight is 431 g/mol. The lowest BCUT2D eigenvalue weighted by molar-refractivity contribution is -0.129. The lowest BCUT2D eigenvalue weighted by Gasteiger charge is -2.14. The second-order valence-corrected chi connectivity index (χ2v) is 7.68. The summed E-state index contributed by atoms with van der Waals surface area (Å²) >= 11 is 1.15. The van der Waals surface area contributed by atoms with Gasteiger partial charge in [0.2, 0.25) is 0 Å². The molecule has 0 aliphatic rings. The number of hydrogen-bond acceptors (Lipinski definition) is 6. The summed E-state index contributed by atoms with van der Waals surface area (Å²) in [7, 11) is 3.08. The Bertz CT molecular complexity index is 1090. The molecule has 0 spiro atoms. The zero-order valence-electron chi connectivity index (χ0n) is 17.1. The maximum Gasteiger partial charge on any atom is 0.349 e. The Balaban J connectivity index is 1.64. The molecular weight excluding hydrogens is 409 g/mol. The van der Waals surface area contributed by atoms with Crippen molar-refractivity contribution in [2.24, 2.45) is 0 Å². The van der Waals surface area contributed by atoms with Crippen molar-refractivity contribution in [1.82, 2.24) is 5.32 Å². The fourth-order valence-corrected chi connectivity index (χ4v) is 4.14. The molecule has 1 unspecified atom stereocenters. The zero-order valence-corrected chi connectivity index (χ0v) is 17.9. The van der Waals surface area contributed by atoms with E-state index in [0.717, 1.165) is 16.9 Å². The predicted molar refractivity (Wildman–Crippen MR) is 113 cm³/mol. The third kappa shape index (κ3) is 4.38. The van der Waals surface area contributed by atoms with E-state index in [4.69, 9.17) is 14.2 Å². The van der Waals surface area contributed by atoms with Gasteiger partial charge >= 0.3 is 5.97 Å². The minimum Gasteiger partial charge on any atom is -0.493 e. The van der Waals surface area contributed by atoms with E-state index in [1.54, 1.807) is 44.4 Å². The number of amides is 1. The molecule has 1 N–H and O–H groups in total. The smallest absolute Gasteiger partial charge is 0.349 e. The number of methoxy groups -OCH3 is 2. The van der Waals surface area contributed by atoms with Gasteiger partial charge in [-0.15, -0.1) is 11.3 Å². The van der Waals surface area contributed by atoms with E-state index >= 15 is 0 Å². The molecule has 0 aliphatic heterocycles. The molecule has 0 fully saturated rings. The Labute approximate surface area is 177 Å². The maximum atomic E-state index is 14.1. The minimum absolute atomic E-state index is 0.230. The molecule has 6 nitrogen and oxygen atoms in total. The minimum atomic E-state index is -1.01. The number of thiophene rings is 1. The van der Waals surface area contributed by atoms with Gasteiger partial charge in [-0.2, -0.15) is 0 Å². The number of benzene rings is 2. The molecule has 8 heteroatoms. The Kier molecular flexibility index (Phi) is 6.56. The van der Waals surface area contributed by atoms with Gasteiger partial charge in [0.05, 0.1) is 14.2 Å². The SMILES string of the molecule is COc1ccc(CNC(=O)C(C)OC(=O)c2sc3cccc(F)c3c2C)cc1OC. The summed E-state index contributed by atoms with van der Waals surface area (Å²) in [4.78, 5) is 25.2. The number of esters is 1. The first-order valence-corrected chi connectivity index (χ1v) is 10.0. The van der Waals surface area contributed by atoms with Gasteiger partial charge < -0.3 is 19.5 Å². The third-order valence-corrected chi connectivity index (χ3v) is 5.89. The van der Waals surface area contributed by atoms with Gasteiger partial charge in [0.15, 0.2) is 17.6 Å². The predicted octanol–water partition coefficient (Wildman–Crippen LogP) is 4.23. The van der Waals surface area contributed by atoms with E-state index in [0.29, 0.717) is 27.1 Å². The van der Waals surface area contributed by atoms with Gasteiger partial charge in [0.25, 0.3) is 5.91 Å². The summed E-state index contributed by atoms with van der Waals surface area (Å²) in [5, 5.41) is 3.13. The zero-order chi connectivity index (χ0) is 21.8. The largest absolute Gasteiger partial charge is 0.493 e. The number of carbonyl (C=O) groups is 2. The van der Waals surface area contributed by atoms with E-state index in [9.17, 15) is 14.0 Å². The van der Waals surface area contributed by atoms with E-state index in [2.05, 4.69) is 5.32 Å². The van der Waals surface area contributed by atoms with Crippen molar-refractivity contribution in [1.29, 1.82) is 0 Å². The van der Waals surface area contributed by atoms with Crippen LogP contribution in [-0.4, -0.2) is 32.2 Å².